The number of anilines is 3. The summed E-state index contributed by atoms with van der Waals surface area (Å²) < 4.78 is 57.8. The molecule has 0 aliphatic heterocycles. The Balaban J connectivity index is 1.36. The molecule has 3 aromatic rings. The third kappa shape index (κ3) is 5.76. The van der Waals surface area contributed by atoms with Crippen LogP contribution in [0.25, 0.3) is 0 Å². The van der Waals surface area contributed by atoms with Crippen molar-refractivity contribution in [1.29, 1.82) is 0 Å². The fourth-order valence-corrected chi connectivity index (χ4v) is 3.97. The molecular weight excluding hydrogens is 472 g/mol. The van der Waals surface area contributed by atoms with Gasteiger partial charge in [0.25, 0.3) is 0 Å². The highest BCUT2D eigenvalue weighted by molar-refractivity contribution is 6.01. The van der Waals surface area contributed by atoms with Crippen LogP contribution >= 0.6 is 0 Å². The molecule has 12 heteroatoms. The second kappa shape index (κ2) is 9.72. The standard InChI is InChI=1S/C23H20F4N4O4/c24-17-11-14(12-1-3-13(4-2-12)21(33)34)5-10-18(17)29-19(32)20-30-31-22(35-20)28-16-8-6-15(7-9-16)23(25,26)27/h5-13H,1-4H2,(H,28,31)(H,29,32)(H,33,34). The number of aromatic nitrogens is 2. The van der Waals surface area contributed by atoms with E-state index in [4.69, 9.17) is 9.52 Å². The van der Waals surface area contributed by atoms with Gasteiger partial charge >= 0.3 is 30.0 Å². The summed E-state index contributed by atoms with van der Waals surface area (Å²) in [5.41, 5.74) is 0.0286. The van der Waals surface area contributed by atoms with Crippen LogP contribution in [-0.4, -0.2) is 27.2 Å². The zero-order valence-corrected chi connectivity index (χ0v) is 18.1. The predicted octanol–water partition coefficient (Wildman–Crippen LogP) is 5.58. The number of nitrogens with zero attached hydrogens (tertiary/aromatic N) is 2. The topological polar surface area (TPSA) is 117 Å². The highest BCUT2D eigenvalue weighted by atomic mass is 19.4. The van der Waals surface area contributed by atoms with E-state index >= 15 is 0 Å². The first-order valence-corrected chi connectivity index (χ1v) is 10.7. The highest BCUT2D eigenvalue weighted by Gasteiger charge is 2.30. The van der Waals surface area contributed by atoms with Gasteiger partial charge in [0, 0.05) is 5.69 Å². The molecule has 1 saturated carbocycles. The van der Waals surface area contributed by atoms with E-state index in [0.717, 1.165) is 29.8 Å². The lowest BCUT2D eigenvalue weighted by molar-refractivity contribution is -0.143. The van der Waals surface area contributed by atoms with Crippen LogP contribution < -0.4 is 10.6 Å². The van der Waals surface area contributed by atoms with E-state index in [-0.39, 0.29) is 29.2 Å². The number of halogens is 4. The molecule has 0 unspecified atom stereocenters. The monoisotopic (exact) mass is 492 g/mol. The van der Waals surface area contributed by atoms with Crippen LogP contribution in [0.1, 0.15) is 53.4 Å². The molecule has 1 aliphatic carbocycles. The number of aliphatic carboxylic acids is 1. The number of carbonyl (C=O) groups is 2. The van der Waals surface area contributed by atoms with Crippen LogP contribution in [0.15, 0.2) is 46.9 Å². The minimum Gasteiger partial charge on any atom is -0.481 e. The number of carboxylic acid groups (broad SMARTS) is 1. The lowest BCUT2D eigenvalue weighted by atomic mass is 9.79. The lowest BCUT2D eigenvalue weighted by Gasteiger charge is -2.26. The molecule has 1 fully saturated rings. The number of benzene rings is 2. The SMILES string of the molecule is O=C(Nc1ccc(C2CCC(C(=O)O)CC2)cc1F)c1nnc(Nc2ccc(C(F)(F)F)cc2)o1. The summed E-state index contributed by atoms with van der Waals surface area (Å²) in [4.78, 5) is 23.5. The van der Waals surface area contributed by atoms with Gasteiger partial charge in [0.2, 0.25) is 0 Å². The second-order valence-corrected chi connectivity index (χ2v) is 8.19. The number of nitrogens with one attached hydrogen (secondary N) is 2. The summed E-state index contributed by atoms with van der Waals surface area (Å²) in [5, 5.41) is 21.2. The summed E-state index contributed by atoms with van der Waals surface area (Å²) in [6.45, 7) is 0. The molecule has 0 atom stereocenters. The quantitative estimate of drug-likeness (QED) is 0.385. The minimum atomic E-state index is -4.47. The third-order valence-corrected chi connectivity index (χ3v) is 5.87. The van der Waals surface area contributed by atoms with Crippen molar-refractivity contribution in [1.82, 2.24) is 10.2 Å². The molecule has 1 amide bonds. The lowest BCUT2D eigenvalue weighted by Crippen LogP contribution is -2.20. The summed E-state index contributed by atoms with van der Waals surface area (Å²) in [6, 6.07) is 8.23. The molecule has 8 nitrogen and oxygen atoms in total. The van der Waals surface area contributed by atoms with E-state index in [1.807, 2.05) is 0 Å². The Labute approximate surface area is 196 Å². The van der Waals surface area contributed by atoms with Crippen molar-refractivity contribution in [2.75, 3.05) is 10.6 Å². The van der Waals surface area contributed by atoms with Crippen molar-refractivity contribution in [2.24, 2.45) is 5.92 Å². The summed E-state index contributed by atoms with van der Waals surface area (Å²) in [5.74, 6) is -3.16. The van der Waals surface area contributed by atoms with E-state index in [1.54, 1.807) is 6.07 Å². The van der Waals surface area contributed by atoms with Crippen molar-refractivity contribution in [3.63, 3.8) is 0 Å². The average Bonchev–Trinajstić information content (AvgIpc) is 3.29. The minimum absolute atomic E-state index is 0.0413. The van der Waals surface area contributed by atoms with Crippen molar-refractivity contribution in [2.45, 2.75) is 37.8 Å². The molecule has 4 rings (SSSR count). The first kappa shape index (κ1) is 24.2. The maximum absolute atomic E-state index is 14.6. The zero-order chi connectivity index (χ0) is 25.2. The fourth-order valence-electron chi connectivity index (χ4n) is 3.97. The number of alkyl halides is 3. The van der Waals surface area contributed by atoms with E-state index < -0.39 is 35.3 Å². The van der Waals surface area contributed by atoms with Gasteiger partial charge in [0.15, 0.2) is 0 Å². The van der Waals surface area contributed by atoms with E-state index in [2.05, 4.69) is 20.8 Å². The highest BCUT2D eigenvalue weighted by Crippen LogP contribution is 2.37. The zero-order valence-electron chi connectivity index (χ0n) is 18.1. The molecule has 184 valence electrons. The number of rotatable bonds is 6. The molecule has 1 aliphatic rings. The average molecular weight is 492 g/mol. The molecule has 1 heterocycles. The maximum Gasteiger partial charge on any atom is 0.416 e. The van der Waals surface area contributed by atoms with Crippen molar-refractivity contribution >= 4 is 29.3 Å². The van der Waals surface area contributed by atoms with Gasteiger partial charge in [-0.2, -0.15) is 13.2 Å². The van der Waals surface area contributed by atoms with Gasteiger partial charge in [-0.25, -0.2) is 4.39 Å². The third-order valence-electron chi connectivity index (χ3n) is 5.87. The molecule has 0 spiro atoms. The second-order valence-electron chi connectivity index (χ2n) is 8.19. The summed E-state index contributed by atoms with van der Waals surface area (Å²) in [6.07, 6.45) is -2.14. The van der Waals surface area contributed by atoms with Gasteiger partial charge in [-0.05, 0) is 73.6 Å². The number of carboxylic acids is 1. The Morgan fingerprint density at radius 1 is 1.00 bits per heavy atom. The van der Waals surface area contributed by atoms with Gasteiger partial charge in [0.05, 0.1) is 17.2 Å². The van der Waals surface area contributed by atoms with Crippen LogP contribution in [0.4, 0.5) is 35.0 Å². The van der Waals surface area contributed by atoms with Crippen molar-refractivity contribution in [3.8, 4) is 0 Å². The smallest absolute Gasteiger partial charge is 0.416 e. The Bertz CT molecular complexity index is 1220. The van der Waals surface area contributed by atoms with Crippen LogP contribution in [0.3, 0.4) is 0 Å². The largest absolute Gasteiger partial charge is 0.481 e. The van der Waals surface area contributed by atoms with Crippen molar-refractivity contribution < 1.29 is 36.7 Å². The normalized spacial score (nSPS) is 18.2. The Kier molecular flexibility index (Phi) is 6.72. The fraction of sp³-hybridized carbons (Fsp3) is 0.304. The first-order valence-electron chi connectivity index (χ1n) is 10.7. The molecule has 2 aromatic carbocycles. The number of carbonyl (C=O) groups excluding carboxylic acids is 1. The number of hydrogen-bond donors (Lipinski definition) is 3. The van der Waals surface area contributed by atoms with Crippen LogP contribution in [0.2, 0.25) is 0 Å². The van der Waals surface area contributed by atoms with Crippen LogP contribution in [0, 0.1) is 11.7 Å². The summed E-state index contributed by atoms with van der Waals surface area (Å²) in [7, 11) is 0. The van der Waals surface area contributed by atoms with Crippen molar-refractivity contribution in [3.05, 3.63) is 65.3 Å². The number of hydrogen-bond acceptors (Lipinski definition) is 6. The van der Waals surface area contributed by atoms with E-state index in [9.17, 15) is 27.2 Å². The predicted molar refractivity (Wildman–Crippen MR) is 116 cm³/mol. The van der Waals surface area contributed by atoms with E-state index in [0.29, 0.717) is 25.7 Å². The number of amides is 1. The maximum atomic E-state index is 14.6. The van der Waals surface area contributed by atoms with E-state index in [1.165, 1.54) is 12.1 Å². The Hall–Kier alpha value is -3.96. The van der Waals surface area contributed by atoms with Crippen LogP contribution in [0.5, 0.6) is 0 Å². The van der Waals surface area contributed by atoms with Crippen LogP contribution in [-0.2, 0) is 11.0 Å². The van der Waals surface area contributed by atoms with Gasteiger partial charge < -0.3 is 20.2 Å². The summed E-state index contributed by atoms with van der Waals surface area (Å²) >= 11 is 0. The van der Waals surface area contributed by atoms with Gasteiger partial charge in [-0.15, -0.1) is 5.10 Å². The Morgan fingerprint density at radius 3 is 2.29 bits per heavy atom. The first-order chi connectivity index (χ1) is 16.6. The molecule has 3 N–H and O–H groups in total. The van der Waals surface area contributed by atoms with Gasteiger partial charge in [-0.3, -0.25) is 9.59 Å². The Morgan fingerprint density at radius 2 is 1.69 bits per heavy atom. The molecule has 0 radical (unpaired) electrons. The van der Waals surface area contributed by atoms with Gasteiger partial charge in [0.1, 0.15) is 5.82 Å². The molecule has 0 bridgehead atoms. The molecule has 1 aromatic heterocycles. The molecule has 35 heavy (non-hydrogen) atoms. The molecule has 0 saturated heterocycles. The molecular formula is C23H20F4N4O4. The van der Waals surface area contributed by atoms with Gasteiger partial charge in [-0.1, -0.05) is 11.2 Å².